The highest BCUT2D eigenvalue weighted by molar-refractivity contribution is 9.10. The summed E-state index contributed by atoms with van der Waals surface area (Å²) in [5.41, 5.74) is 4.14. The van der Waals surface area contributed by atoms with Gasteiger partial charge in [-0.25, -0.2) is 9.78 Å². The fourth-order valence-corrected chi connectivity index (χ4v) is 5.09. The molecule has 2 heterocycles. The van der Waals surface area contributed by atoms with Crippen molar-refractivity contribution in [2.45, 2.75) is 38.8 Å². The first-order chi connectivity index (χ1) is 15.8. The number of benzene rings is 2. The molecule has 1 atom stereocenters. The zero-order chi connectivity index (χ0) is 23.4. The molecule has 2 amide bonds. The van der Waals surface area contributed by atoms with E-state index in [1.165, 1.54) is 22.6 Å². The van der Waals surface area contributed by atoms with Crippen molar-refractivity contribution in [2.24, 2.45) is 0 Å². The number of urea groups is 1. The van der Waals surface area contributed by atoms with Crippen LogP contribution in [-0.4, -0.2) is 36.7 Å². The topological polar surface area (TPSA) is 69.3 Å². The number of thiazole rings is 1. The second kappa shape index (κ2) is 10.2. The van der Waals surface area contributed by atoms with E-state index in [-0.39, 0.29) is 11.4 Å². The number of piperazine rings is 1. The molecular formula is C25H30BrN5OS. The summed E-state index contributed by atoms with van der Waals surface area (Å²) in [4.78, 5) is 19.5. The molecule has 4 rings (SSSR count). The minimum Gasteiger partial charge on any atom is -0.369 e. The van der Waals surface area contributed by atoms with Crippen molar-refractivity contribution in [3.8, 4) is 0 Å². The summed E-state index contributed by atoms with van der Waals surface area (Å²) in [6.45, 7) is 9.97. The first-order valence-electron chi connectivity index (χ1n) is 11.2. The number of hydrogen-bond acceptors (Lipinski definition) is 5. The molecule has 1 aliphatic rings. The van der Waals surface area contributed by atoms with E-state index >= 15 is 0 Å². The van der Waals surface area contributed by atoms with Crippen molar-refractivity contribution in [2.75, 3.05) is 29.9 Å². The third-order valence-corrected chi connectivity index (χ3v) is 7.34. The number of anilines is 2. The maximum Gasteiger partial charge on any atom is 0.321 e. The van der Waals surface area contributed by atoms with Crippen molar-refractivity contribution < 1.29 is 4.79 Å². The Morgan fingerprint density at radius 1 is 1.21 bits per heavy atom. The summed E-state index contributed by atoms with van der Waals surface area (Å²) in [7, 11) is 0. The Morgan fingerprint density at radius 3 is 2.64 bits per heavy atom. The van der Waals surface area contributed by atoms with Crippen LogP contribution in [0.2, 0.25) is 0 Å². The molecule has 8 heteroatoms. The fraction of sp³-hybridized carbons (Fsp3) is 0.360. The lowest BCUT2D eigenvalue weighted by atomic mass is 9.82. The summed E-state index contributed by atoms with van der Waals surface area (Å²) >= 11 is 4.92. The quantitative estimate of drug-likeness (QED) is 0.404. The Balaban J connectivity index is 1.30. The number of rotatable bonds is 6. The minimum absolute atomic E-state index is 0.252. The van der Waals surface area contributed by atoms with Crippen molar-refractivity contribution in [3.63, 3.8) is 0 Å². The Bertz CT molecular complexity index is 1080. The highest BCUT2D eigenvalue weighted by Gasteiger charge is 2.26. The number of nitrogens with zero attached hydrogens (tertiary/aromatic N) is 2. The second-order valence-corrected chi connectivity index (χ2v) is 10.7. The lowest BCUT2D eigenvalue weighted by Gasteiger charge is -2.33. The van der Waals surface area contributed by atoms with Crippen LogP contribution in [0.25, 0.3) is 0 Å². The maximum atomic E-state index is 12.4. The molecule has 6 nitrogen and oxygen atoms in total. The van der Waals surface area contributed by atoms with Crippen LogP contribution in [0.1, 0.15) is 37.6 Å². The Morgan fingerprint density at radius 2 is 1.94 bits per heavy atom. The van der Waals surface area contributed by atoms with E-state index < -0.39 is 0 Å². The van der Waals surface area contributed by atoms with E-state index in [0.29, 0.717) is 17.7 Å². The summed E-state index contributed by atoms with van der Waals surface area (Å²) in [6, 6.07) is 16.9. The van der Waals surface area contributed by atoms with Gasteiger partial charge in [-0.2, -0.15) is 0 Å². The van der Waals surface area contributed by atoms with Crippen molar-refractivity contribution >= 4 is 44.1 Å². The van der Waals surface area contributed by atoms with E-state index in [2.05, 4.69) is 98.9 Å². The molecule has 0 spiro atoms. The van der Waals surface area contributed by atoms with Gasteiger partial charge in [-0.05, 0) is 42.3 Å². The van der Waals surface area contributed by atoms with Crippen molar-refractivity contribution in [3.05, 3.63) is 75.2 Å². The third kappa shape index (κ3) is 5.93. The third-order valence-electron chi connectivity index (χ3n) is 6.05. The Labute approximate surface area is 207 Å². The zero-order valence-corrected chi connectivity index (χ0v) is 21.6. The van der Waals surface area contributed by atoms with Gasteiger partial charge in [-0.15, -0.1) is 11.3 Å². The summed E-state index contributed by atoms with van der Waals surface area (Å²) in [5, 5.41) is 11.9. The molecule has 3 aromatic rings. The average Bonchev–Trinajstić information content (AvgIpc) is 3.28. The first kappa shape index (κ1) is 23.7. The monoisotopic (exact) mass is 527 g/mol. The maximum absolute atomic E-state index is 12.4. The molecule has 1 saturated heterocycles. The van der Waals surface area contributed by atoms with Crippen molar-refractivity contribution in [1.29, 1.82) is 0 Å². The van der Waals surface area contributed by atoms with Gasteiger partial charge in [0.1, 0.15) is 0 Å². The Kier molecular flexibility index (Phi) is 7.36. The molecule has 1 aromatic heterocycles. The smallest absolute Gasteiger partial charge is 0.321 e. The zero-order valence-electron chi connectivity index (χ0n) is 19.2. The number of hydrogen-bond donors (Lipinski definition) is 3. The van der Waals surface area contributed by atoms with Crippen LogP contribution in [0, 0.1) is 0 Å². The van der Waals surface area contributed by atoms with Crippen molar-refractivity contribution in [1.82, 2.24) is 15.6 Å². The summed E-state index contributed by atoms with van der Waals surface area (Å²) in [5.74, 6) is 0. The minimum atomic E-state index is -0.252. The Hall–Kier alpha value is -2.42. The van der Waals surface area contributed by atoms with Gasteiger partial charge in [-0.3, -0.25) is 5.32 Å². The van der Waals surface area contributed by atoms with Crippen LogP contribution in [-0.2, 0) is 12.0 Å². The van der Waals surface area contributed by atoms with Gasteiger partial charge >= 0.3 is 6.03 Å². The SMILES string of the molecule is CC1CN(c2ccc(CNC(=O)Nc3nc(C(C)(C)c4ccc(Br)cc4)cs3)cc2)CCN1. The van der Waals surface area contributed by atoms with Gasteiger partial charge in [0, 0.05) is 53.2 Å². The molecule has 3 N–H and O–H groups in total. The van der Waals surface area contributed by atoms with Gasteiger partial charge in [-0.1, -0.05) is 54.0 Å². The van der Waals surface area contributed by atoms with Crippen LogP contribution in [0.15, 0.2) is 58.4 Å². The first-order valence-corrected chi connectivity index (χ1v) is 12.8. The van der Waals surface area contributed by atoms with Gasteiger partial charge in [0.05, 0.1) is 5.69 Å². The number of amides is 2. The summed E-state index contributed by atoms with van der Waals surface area (Å²) < 4.78 is 1.05. The standard InChI is InChI=1S/C25H30BrN5OS/c1-17-15-31(13-12-27-17)21-10-4-18(5-11-21)14-28-23(32)30-24-29-22(16-33-24)25(2,3)19-6-8-20(26)9-7-19/h4-11,16-17,27H,12-15H2,1-3H3,(H2,28,29,30,32). The molecule has 2 aromatic carbocycles. The number of halogens is 1. The van der Waals surface area contributed by atoms with Gasteiger partial charge in [0.25, 0.3) is 0 Å². The van der Waals surface area contributed by atoms with Crippen LogP contribution < -0.4 is 20.9 Å². The van der Waals surface area contributed by atoms with Crippen LogP contribution in [0.5, 0.6) is 0 Å². The van der Waals surface area contributed by atoms with E-state index in [9.17, 15) is 4.79 Å². The second-order valence-electron chi connectivity index (χ2n) is 8.95. The van der Waals surface area contributed by atoms with Gasteiger partial charge in [0.2, 0.25) is 0 Å². The predicted octanol–water partition coefficient (Wildman–Crippen LogP) is 5.35. The molecule has 0 saturated carbocycles. The average molecular weight is 529 g/mol. The number of carbonyl (C=O) groups is 1. The fourth-order valence-electron chi connectivity index (χ4n) is 3.95. The van der Waals surface area contributed by atoms with Gasteiger partial charge < -0.3 is 15.5 Å². The van der Waals surface area contributed by atoms with Crippen LogP contribution in [0.4, 0.5) is 15.6 Å². The highest BCUT2D eigenvalue weighted by Crippen LogP contribution is 2.34. The molecule has 0 bridgehead atoms. The lowest BCUT2D eigenvalue weighted by molar-refractivity contribution is 0.251. The largest absolute Gasteiger partial charge is 0.369 e. The van der Waals surface area contributed by atoms with Crippen LogP contribution in [0.3, 0.4) is 0 Å². The normalized spacial score (nSPS) is 16.5. The molecule has 1 aliphatic heterocycles. The van der Waals surface area contributed by atoms with E-state index in [1.54, 1.807) is 0 Å². The number of nitrogens with one attached hydrogen (secondary N) is 3. The van der Waals surface area contributed by atoms with E-state index in [0.717, 1.165) is 35.4 Å². The predicted molar refractivity (Wildman–Crippen MR) is 140 cm³/mol. The molecule has 174 valence electrons. The molecule has 33 heavy (non-hydrogen) atoms. The van der Waals surface area contributed by atoms with Crippen LogP contribution >= 0.6 is 27.3 Å². The van der Waals surface area contributed by atoms with E-state index in [4.69, 9.17) is 0 Å². The van der Waals surface area contributed by atoms with Gasteiger partial charge in [0.15, 0.2) is 5.13 Å². The lowest BCUT2D eigenvalue weighted by Crippen LogP contribution is -2.49. The summed E-state index contributed by atoms with van der Waals surface area (Å²) in [6.07, 6.45) is 0. The highest BCUT2D eigenvalue weighted by atomic mass is 79.9. The molecule has 1 unspecified atom stereocenters. The number of aromatic nitrogens is 1. The molecule has 1 fully saturated rings. The molecule has 0 aliphatic carbocycles. The molecule has 0 radical (unpaired) electrons. The van der Waals surface area contributed by atoms with E-state index in [1.807, 2.05) is 17.5 Å². The number of carbonyl (C=O) groups excluding carboxylic acids is 1. The molecular weight excluding hydrogens is 498 g/mol.